The first-order chi connectivity index (χ1) is 35.2. The van der Waals surface area contributed by atoms with Crippen LogP contribution in [0.1, 0.15) is 105 Å². The van der Waals surface area contributed by atoms with E-state index in [0.29, 0.717) is 0 Å². The standard InChI is InChI=1S/C70H65BN2S/c1-67(2,3)47-25-30-51(31-26-47)72-59-37-46(42-17-14-13-15-18-42)38-60-64(59)71(66-65(72)55-40-49(69(7,8)9)29-36-61(55)74-66)56-41-50(70(10,11)12)28-35-58(56)73(60)57-34-27-48(68(4,5)6)39-54(57)52-32-23-45-22-21-43-19-16-20-44-24-33-53(52)63(45)62(43)44/h13-41H,1-12H3. The summed E-state index contributed by atoms with van der Waals surface area (Å²) in [5.74, 6) is 0. The van der Waals surface area contributed by atoms with Crippen LogP contribution in [0.25, 0.3) is 64.7 Å². The van der Waals surface area contributed by atoms with Crippen molar-refractivity contribution in [1.29, 1.82) is 0 Å². The van der Waals surface area contributed by atoms with Crippen molar-refractivity contribution in [2.45, 2.75) is 105 Å². The van der Waals surface area contributed by atoms with E-state index in [0.717, 1.165) is 0 Å². The van der Waals surface area contributed by atoms with Gasteiger partial charge in [0.15, 0.2) is 0 Å². The van der Waals surface area contributed by atoms with Crippen LogP contribution in [0.4, 0.5) is 34.1 Å². The van der Waals surface area contributed by atoms with Crippen molar-refractivity contribution in [3.63, 3.8) is 0 Å². The molecule has 0 radical (unpaired) electrons. The zero-order valence-corrected chi connectivity index (χ0v) is 45.9. The molecule has 0 fully saturated rings. The summed E-state index contributed by atoms with van der Waals surface area (Å²) in [5.41, 5.74) is 20.1. The third-order valence-electron chi connectivity index (χ3n) is 16.4. The van der Waals surface area contributed by atoms with Crippen LogP contribution in [-0.4, -0.2) is 6.71 Å². The Morgan fingerprint density at radius 1 is 0.378 bits per heavy atom. The summed E-state index contributed by atoms with van der Waals surface area (Å²) in [4.78, 5) is 5.32. The van der Waals surface area contributed by atoms with Gasteiger partial charge in [0, 0.05) is 43.2 Å². The molecule has 364 valence electrons. The van der Waals surface area contributed by atoms with Crippen molar-refractivity contribution in [2.24, 2.45) is 0 Å². The maximum Gasteiger partial charge on any atom is 0.264 e. The van der Waals surface area contributed by atoms with Gasteiger partial charge in [0.2, 0.25) is 0 Å². The molecular formula is C70H65BN2S. The molecule has 0 spiro atoms. The lowest BCUT2D eigenvalue weighted by Gasteiger charge is -2.44. The fourth-order valence-electron chi connectivity index (χ4n) is 12.2. The van der Waals surface area contributed by atoms with Crippen molar-refractivity contribution in [3.05, 3.63) is 198 Å². The Morgan fingerprint density at radius 3 is 1.59 bits per heavy atom. The van der Waals surface area contributed by atoms with Gasteiger partial charge < -0.3 is 9.80 Å². The maximum absolute atomic E-state index is 2.67. The molecule has 4 heteroatoms. The van der Waals surface area contributed by atoms with Gasteiger partial charge in [0.1, 0.15) is 0 Å². The van der Waals surface area contributed by atoms with Crippen LogP contribution < -0.4 is 25.5 Å². The van der Waals surface area contributed by atoms with E-state index in [2.05, 4.69) is 269 Å². The first-order valence-corrected chi connectivity index (χ1v) is 27.5. The maximum atomic E-state index is 2.67. The monoisotopic (exact) mass is 976 g/mol. The molecule has 3 heterocycles. The number of hydrogen-bond donors (Lipinski definition) is 0. The van der Waals surface area contributed by atoms with Gasteiger partial charge in [-0.1, -0.05) is 204 Å². The van der Waals surface area contributed by atoms with E-state index >= 15 is 0 Å². The highest BCUT2D eigenvalue weighted by molar-refractivity contribution is 7.33. The molecule has 0 N–H and O–H groups in total. The molecule has 0 saturated carbocycles. The zero-order chi connectivity index (χ0) is 51.4. The molecule has 0 unspecified atom stereocenters. The molecule has 2 nitrogen and oxygen atoms in total. The van der Waals surface area contributed by atoms with Crippen LogP contribution >= 0.6 is 11.3 Å². The highest BCUT2D eigenvalue weighted by atomic mass is 32.1. The highest BCUT2D eigenvalue weighted by Gasteiger charge is 2.46. The lowest BCUT2D eigenvalue weighted by Crippen LogP contribution is -2.60. The summed E-state index contributed by atoms with van der Waals surface area (Å²) in [7, 11) is 0. The van der Waals surface area contributed by atoms with Gasteiger partial charge in [0.25, 0.3) is 6.71 Å². The lowest BCUT2D eigenvalue weighted by atomic mass is 9.36. The second-order valence-corrected chi connectivity index (χ2v) is 26.5. The van der Waals surface area contributed by atoms with Crippen LogP contribution in [0, 0.1) is 0 Å². The molecule has 0 amide bonds. The number of rotatable bonds is 4. The number of thiophene rings is 1. The molecule has 74 heavy (non-hydrogen) atoms. The van der Waals surface area contributed by atoms with Crippen LogP contribution in [0.5, 0.6) is 0 Å². The van der Waals surface area contributed by atoms with E-state index < -0.39 is 0 Å². The van der Waals surface area contributed by atoms with Gasteiger partial charge in [-0.25, -0.2) is 0 Å². The van der Waals surface area contributed by atoms with E-state index in [9.17, 15) is 0 Å². The van der Waals surface area contributed by atoms with Crippen molar-refractivity contribution in [3.8, 4) is 22.3 Å². The summed E-state index contributed by atoms with van der Waals surface area (Å²) in [5, 5.41) is 9.12. The Balaban J connectivity index is 1.17. The van der Waals surface area contributed by atoms with Gasteiger partial charge in [-0.3, -0.25) is 0 Å². The van der Waals surface area contributed by atoms with Crippen molar-refractivity contribution in [2.75, 3.05) is 9.80 Å². The number of benzene rings is 10. The van der Waals surface area contributed by atoms with E-state index in [1.54, 1.807) is 0 Å². The fourth-order valence-corrected chi connectivity index (χ4v) is 13.5. The number of hydrogen-bond acceptors (Lipinski definition) is 3. The predicted octanol–water partition coefficient (Wildman–Crippen LogP) is 18.4. The molecular weight excluding hydrogens is 912 g/mol. The quantitative estimate of drug-likeness (QED) is 0.128. The summed E-state index contributed by atoms with van der Waals surface area (Å²) in [6.45, 7) is 28.1. The third-order valence-corrected chi connectivity index (χ3v) is 17.6. The van der Waals surface area contributed by atoms with Gasteiger partial charge in [-0.05, 0) is 158 Å². The van der Waals surface area contributed by atoms with Crippen LogP contribution in [0.2, 0.25) is 0 Å². The zero-order valence-electron chi connectivity index (χ0n) is 45.1. The van der Waals surface area contributed by atoms with E-state index in [4.69, 9.17) is 0 Å². The molecule has 0 saturated heterocycles. The Labute approximate surface area is 442 Å². The lowest BCUT2D eigenvalue weighted by molar-refractivity contribution is 0.590. The Kier molecular flexibility index (Phi) is 10.2. The molecule has 0 bridgehead atoms. The molecule has 0 aliphatic carbocycles. The number of anilines is 6. The fraction of sp³-hybridized carbons (Fsp3) is 0.229. The van der Waals surface area contributed by atoms with Crippen LogP contribution in [-0.2, 0) is 21.7 Å². The van der Waals surface area contributed by atoms with E-state index in [-0.39, 0.29) is 28.4 Å². The Hall–Kier alpha value is -7.14. The summed E-state index contributed by atoms with van der Waals surface area (Å²) in [6, 6.07) is 68.5. The molecule has 1 aromatic heterocycles. The summed E-state index contributed by atoms with van der Waals surface area (Å²) >= 11 is 1.99. The summed E-state index contributed by atoms with van der Waals surface area (Å²) in [6.07, 6.45) is 0. The third kappa shape index (κ3) is 7.26. The van der Waals surface area contributed by atoms with E-state index in [1.807, 2.05) is 11.3 Å². The molecule has 0 atom stereocenters. The topological polar surface area (TPSA) is 6.48 Å². The molecule has 10 aromatic carbocycles. The minimum absolute atomic E-state index is 0.0131. The Bertz CT molecular complexity index is 4040. The second-order valence-electron chi connectivity index (χ2n) is 25.4. The first-order valence-electron chi connectivity index (χ1n) is 26.7. The van der Waals surface area contributed by atoms with Crippen molar-refractivity contribution < 1.29 is 0 Å². The van der Waals surface area contributed by atoms with Crippen LogP contribution in [0.3, 0.4) is 0 Å². The van der Waals surface area contributed by atoms with Crippen LogP contribution in [0.15, 0.2) is 176 Å². The van der Waals surface area contributed by atoms with E-state index in [1.165, 1.54) is 137 Å². The molecule has 11 aromatic rings. The highest BCUT2D eigenvalue weighted by Crippen LogP contribution is 2.53. The van der Waals surface area contributed by atoms with Gasteiger partial charge in [0.05, 0.1) is 11.4 Å². The van der Waals surface area contributed by atoms with Gasteiger partial charge >= 0.3 is 0 Å². The van der Waals surface area contributed by atoms with Crippen molar-refractivity contribution >= 4 is 110 Å². The average molecular weight is 977 g/mol. The van der Waals surface area contributed by atoms with Crippen molar-refractivity contribution in [1.82, 2.24) is 0 Å². The van der Waals surface area contributed by atoms with Gasteiger partial charge in [-0.15, -0.1) is 11.3 Å². The SMILES string of the molecule is CC(C)(C)c1ccc(N2c3cc(-c4ccccc4)cc4c3B(c3cc(C(C)(C)C)ccc3N4c3ccc(C(C)(C)C)cc3-c3ccc4ccc5cccc6ccc3c4c56)c3sc4ccc(C(C)(C)C)cc4c32)cc1. The minimum atomic E-state index is -0.0799. The molecule has 2 aliphatic heterocycles. The Morgan fingerprint density at radius 2 is 0.932 bits per heavy atom. The largest absolute Gasteiger partial charge is 0.311 e. The second kappa shape index (κ2) is 16.2. The minimum Gasteiger partial charge on any atom is -0.311 e. The first kappa shape index (κ1) is 46.6. The number of nitrogens with zero attached hydrogens (tertiary/aromatic N) is 2. The normalized spacial score (nSPS) is 13.9. The molecule has 13 rings (SSSR count). The predicted molar refractivity (Wildman–Crippen MR) is 325 cm³/mol. The summed E-state index contributed by atoms with van der Waals surface area (Å²) < 4.78 is 2.72. The van der Waals surface area contributed by atoms with Gasteiger partial charge in [-0.2, -0.15) is 0 Å². The number of fused-ring (bicyclic) bond motifs is 6. The smallest absolute Gasteiger partial charge is 0.264 e. The molecule has 2 aliphatic rings. The average Bonchev–Trinajstić information content (AvgIpc) is 3.75.